The van der Waals surface area contributed by atoms with E-state index in [1.807, 2.05) is 20.8 Å². The van der Waals surface area contributed by atoms with Gasteiger partial charge in [0.25, 0.3) is 0 Å². The van der Waals surface area contributed by atoms with E-state index in [2.05, 4.69) is 5.32 Å². The van der Waals surface area contributed by atoms with Gasteiger partial charge in [-0.05, 0) is 64.8 Å². The first-order chi connectivity index (χ1) is 9.29. The highest BCUT2D eigenvalue weighted by Gasteiger charge is 2.32. The van der Waals surface area contributed by atoms with E-state index >= 15 is 0 Å². The zero-order valence-corrected chi connectivity index (χ0v) is 14.1. The summed E-state index contributed by atoms with van der Waals surface area (Å²) in [5.41, 5.74) is 0. The van der Waals surface area contributed by atoms with Gasteiger partial charge in [0, 0.05) is 6.04 Å². The van der Waals surface area contributed by atoms with Crippen LogP contribution in [0.3, 0.4) is 0 Å². The smallest absolute Gasteiger partial charge is 0.155 e. The second-order valence-electron chi connectivity index (χ2n) is 7.71. The van der Waals surface area contributed by atoms with Gasteiger partial charge in [0.2, 0.25) is 0 Å². The van der Waals surface area contributed by atoms with Crippen molar-refractivity contribution in [3.05, 3.63) is 0 Å². The fourth-order valence-electron chi connectivity index (χ4n) is 3.15. The Hall–Kier alpha value is -0.0900. The Balaban J connectivity index is 1.84. The number of rotatable bonds is 6. The second-order valence-corrected chi connectivity index (χ2v) is 10.6. The number of hydrogen-bond donors (Lipinski definition) is 1. The van der Waals surface area contributed by atoms with Crippen molar-refractivity contribution in [2.75, 3.05) is 12.3 Å². The molecular weight excluding hydrogens is 270 g/mol. The topological polar surface area (TPSA) is 46.2 Å². The monoisotopic (exact) mass is 301 g/mol. The molecular formula is C16H31NO2S. The lowest BCUT2D eigenvalue weighted by atomic mass is 9.78. The van der Waals surface area contributed by atoms with E-state index < -0.39 is 14.6 Å². The minimum absolute atomic E-state index is 0.362. The predicted molar refractivity (Wildman–Crippen MR) is 84.6 cm³/mol. The van der Waals surface area contributed by atoms with Crippen LogP contribution in [0, 0.1) is 11.8 Å². The Kier molecular flexibility index (Phi) is 5.17. The fraction of sp³-hybridized carbons (Fsp3) is 1.00. The second kappa shape index (κ2) is 6.35. The molecule has 2 unspecified atom stereocenters. The van der Waals surface area contributed by atoms with Gasteiger partial charge in [-0.3, -0.25) is 0 Å². The predicted octanol–water partition coefficient (Wildman–Crippen LogP) is 3.15. The largest absolute Gasteiger partial charge is 0.314 e. The zero-order chi connectivity index (χ0) is 14.8. The molecule has 0 radical (unpaired) electrons. The summed E-state index contributed by atoms with van der Waals surface area (Å²) < 4.78 is 23.9. The van der Waals surface area contributed by atoms with Crippen molar-refractivity contribution in [1.82, 2.24) is 5.32 Å². The quantitative estimate of drug-likeness (QED) is 0.820. The number of hydrogen-bond acceptors (Lipinski definition) is 3. The molecule has 20 heavy (non-hydrogen) atoms. The van der Waals surface area contributed by atoms with E-state index in [4.69, 9.17) is 0 Å². The van der Waals surface area contributed by atoms with Crippen molar-refractivity contribution in [2.24, 2.45) is 11.8 Å². The van der Waals surface area contributed by atoms with Gasteiger partial charge in [0.05, 0.1) is 10.5 Å². The third-order valence-electron chi connectivity index (χ3n) is 5.00. The van der Waals surface area contributed by atoms with Crippen molar-refractivity contribution < 1.29 is 8.42 Å². The molecule has 3 nitrogen and oxygen atoms in total. The van der Waals surface area contributed by atoms with Crippen LogP contribution in [0.1, 0.15) is 65.7 Å². The SMILES string of the molecule is CC(C)(C)S(=O)(=O)CCC1CCCCC1CNC1CC1. The molecule has 0 bridgehead atoms. The van der Waals surface area contributed by atoms with Crippen molar-refractivity contribution in [2.45, 2.75) is 76.5 Å². The van der Waals surface area contributed by atoms with E-state index in [-0.39, 0.29) is 0 Å². The molecule has 0 spiro atoms. The van der Waals surface area contributed by atoms with Crippen molar-refractivity contribution in [1.29, 1.82) is 0 Å². The molecule has 0 heterocycles. The van der Waals surface area contributed by atoms with Crippen molar-refractivity contribution >= 4 is 9.84 Å². The summed E-state index contributed by atoms with van der Waals surface area (Å²) in [7, 11) is -2.96. The Morgan fingerprint density at radius 1 is 1.00 bits per heavy atom. The van der Waals surface area contributed by atoms with Crippen LogP contribution in [0.4, 0.5) is 0 Å². The molecule has 0 amide bonds. The third kappa shape index (κ3) is 4.45. The van der Waals surface area contributed by atoms with Crippen LogP contribution in [-0.2, 0) is 9.84 Å². The molecule has 4 heteroatoms. The van der Waals surface area contributed by atoms with Crippen LogP contribution < -0.4 is 5.32 Å². The molecule has 2 fully saturated rings. The van der Waals surface area contributed by atoms with Gasteiger partial charge >= 0.3 is 0 Å². The van der Waals surface area contributed by atoms with Crippen LogP contribution in [0.2, 0.25) is 0 Å². The van der Waals surface area contributed by atoms with Crippen LogP contribution >= 0.6 is 0 Å². The molecule has 0 aromatic heterocycles. The van der Waals surface area contributed by atoms with E-state index in [0.29, 0.717) is 17.6 Å². The van der Waals surface area contributed by atoms with Gasteiger partial charge in [0.1, 0.15) is 0 Å². The highest BCUT2D eigenvalue weighted by molar-refractivity contribution is 7.92. The van der Waals surface area contributed by atoms with Crippen molar-refractivity contribution in [3.8, 4) is 0 Å². The van der Waals surface area contributed by atoms with Crippen molar-refractivity contribution in [3.63, 3.8) is 0 Å². The summed E-state index contributed by atoms with van der Waals surface area (Å²) in [6.07, 6.45) is 8.61. The summed E-state index contributed by atoms with van der Waals surface area (Å²) >= 11 is 0. The summed E-state index contributed by atoms with van der Waals surface area (Å²) in [5, 5.41) is 3.63. The lowest BCUT2D eigenvalue weighted by molar-refractivity contribution is 0.224. The first-order valence-electron chi connectivity index (χ1n) is 8.25. The Morgan fingerprint density at radius 3 is 2.15 bits per heavy atom. The molecule has 2 aliphatic rings. The molecule has 0 saturated heterocycles. The van der Waals surface area contributed by atoms with Crippen LogP contribution in [0.25, 0.3) is 0 Å². The molecule has 0 aromatic rings. The first-order valence-corrected chi connectivity index (χ1v) is 9.90. The fourth-order valence-corrected chi connectivity index (χ4v) is 4.38. The molecule has 2 atom stereocenters. The Labute approximate surface area is 124 Å². The first kappa shape index (κ1) is 16.3. The molecule has 0 aliphatic heterocycles. The van der Waals surface area contributed by atoms with E-state index in [1.165, 1.54) is 38.5 Å². The molecule has 2 saturated carbocycles. The van der Waals surface area contributed by atoms with E-state index in [0.717, 1.165) is 19.0 Å². The maximum absolute atomic E-state index is 12.3. The standard InChI is InChI=1S/C16H31NO2S/c1-16(2,3)20(18,19)11-10-13-6-4-5-7-14(13)12-17-15-8-9-15/h13-15,17H,4-12H2,1-3H3. The maximum atomic E-state index is 12.3. The van der Waals surface area contributed by atoms with Gasteiger partial charge in [-0.15, -0.1) is 0 Å². The van der Waals surface area contributed by atoms with Gasteiger partial charge in [-0.2, -0.15) is 0 Å². The normalized spacial score (nSPS) is 28.6. The summed E-state index contributed by atoms with van der Waals surface area (Å²) in [6, 6.07) is 0.760. The minimum atomic E-state index is -2.96. The summed E-state index contributed by atoms with van der Waals surface area (Å²) in [6.45, 7) is 6.55. The lowest BCUT2D eigenvalue weighted by Gasteiger charge is -2.32. The van der Waals surface area contributed by atoms with Crippen LogP contribution in [0.15, 0.2) is 0 Å². The number of nitrogens with one attached hydrogen (secondary N) is 1. The third-order valence-corrected chi connectivity index (χ3v) is 7.64. The van der Waals surface area contributed by atoms with Gasteiger partial charge < -0.3 is 5.32 Å². The molecule has 2 aliphatic carbocycles. The molecule has 1 N–H and O–H groups in total. The van der Waals surface area contributed by atoms with Gasteiger partial charge in [-0.1, -0.05) is 19.3 Å². The summed E-state index contributed by atoms with van der Waals surface area (Å²) in [5.74, 6) is 1.66. The highest BCUT2D eigenvalue weighted by Crippen LogP contribution is 2.34. The maximum Gasteiger partial charge on any atom is 0.155 e. The molecule has 2 rings (SSSR count). The van der Waals surface area contributed by atoms with E-state index in [9.17, 15) is 8.42 Å². The Bertz CT molecular complexity index is 407. The van der Waals surface area contributed by atoms with Crippen LogP contribution in [-0.4, -0.2) is 31.5 Å². The summed E-state index contributed by atoms with van der Waals surface area (Å²) in [4.78, 5) is 0. The zero-order valence-electron chi connectivity index (χ0n) is 13.3. The Morgan fingerprint density at radius 2 is 1.60 bits per heavy atom. The number of sulfone groups is 1. The van der Waals surface area contributed by atoms with Crippen LogP contribution in [0.5, 0.6) is 0 Å². The van der Waals surface area contributed by atoms with Gasteiger partial charge in [0.15, 0.2) is 9.84 Å². The van der Waals surface area contributed by atoms with Gasteiger partial charge in [-0.25, -0.2) is 8.42 Å². The lowest BCUT2D eigenvalue weighted by Crippen LogP contribution is -2.35. The average Bonchev–Trinajstić information content (AvgIpc) is 3.17. The molecule has 0 aromatic carbocycles. The van der Waals surface area contributed by atoms with E-state index in [1.54, 1.807) is 0 Å². The highest BCUT2D eigenvalue weighted by atomic mass is 32.2. The minimum Gasteiger partial charge on any atom is -0.314 e. The average molecular weight is 301 g/mol. The molecule has 118 valence electrons.